The number of hydrogen-bond acceptors (Lipinski definition) is 6. The third-order valence-electron chi connectivity index (χ3n) is 6.44. The predicted molar refractivity (Wildman–Crippen MR) is 138 cm³/mol. The Bertz CT molecular complexity index is 1380. The Morgan fingerprint density at radius 3 is 2.43 bits per heavy atom. The Hall–Kier alpha value is -3.86. The number of hydrogen-bond donors (Lipinski definition) is 2. The van der Waals surface area contributed by atoms with Crippen LogP contribution in [0.15, 0.2) is 90.0 Å². The first-order valence-electron chi connectivity index (χ1n) is 11.4. The lowest BCUT2D eigenvalue weighted by Crippen LogP contribution is -2.45. The van der Waals surface area contributed by atoms with E-state index in [1.165, 1.54) is 11.9 Å². The van der Waals surface area contributed by atoms with Crippen LogP contribution in [0.5, 0.6) is 0 Å². The van der Waals surface area contributed by atoms with Gasteiger partial charge in [0, 0.05) is 35.9 Å². The van der Waals surface area contributed by atoms with Crippen molar-refractivity contribution in [3.8, 4) is 6.07 Å². The van der Waals surface area contributed by atoms with Crippen LogP contribution < -0.4 is 4.72 Å². The number of carbonyl (C=O) groups is 1. The van der Waals surface area contributed by atoms with E-state index in [0.29, 0.717) is 37.1 Å². The van der Waals surface area contributed by atoms with Crippen LogP contribution in [0.1, 0.15) is 34.3 Å². The molecular formula is C28H24N4O2S. The van der Waals surface area contributed by atoms with E-state index in [4.69, 9.17) is 5.26 Å². The normalized spacial score (nSPS) is 14.9. The number of benzene rings is 3. The average Bonchev–Trinajstić information content (AvgIpc) is 2.92. The number of amides is 1. The molecule has 3 aromatic carbocycles. The molecule has 0 atom stereocenters. The van der Waals surface area contributed by atoms with Crippen LogP contribution in [-0.4, -0.2) is 34.0 Å². The maximum Gasteiger partial charge on any atom is 0.253 e. The summed E-state index contributed by atoms with van der Waals surface area (Å²) < 4.78 is 3.33. The number of nitrogens with zero attached hydrogens (tertiary/aromatic N) is 3. The zero-order valence-electron chi connectivity index (χ0n) is 19.0. The van der Waals surface area contributed by atoms with E-state index in [1.54, 1.807) is 35.4 Å². The summed E-state index contributed by atoms with van der Waals surface area (Å²) in [6.45, 7) is 0.943. The van der Waals surface area contributed by atoms with Crippen molar-refractivity contribution in [2.45, 2.75) is 23.3 Å². The van der Waals surface area contributed by atoms with Gasteiger partial charge in [0.1, 0.15) is 0 Å². The van der Waals surface area contributed by atoms with Crippen molar-refractivity contribution < 1.29 is 9.90 Å². The molecule has 0 spiro atoms. The number of nitrogens with one attached hydrogen (secondary N) is 1. The van der Waals surface area contributed by atoms with Crippen LogP contribution in [0.4, 0.5) is 5.69 Å². The lowest BCUT2D eigenvalue weighted by atomic mass is 9.84. The average molecular weight is 481 g/mol. The van der Waals surface area contributed by atoms with E-state index in [0.717, 1.165) is 27.0 Å². The molecule has 2 heterocycles. The van der Waals surface area contributed by atoms with Crippen molar-refractivity contribution >= 4 is 34.4 Å². The molecule has 2 N–H and O–H groups in total. The van der Waals surface area contributed by atoms with Gasteiger partial charge >= 0.3 is 0 Å². The van der Waals surface area contributed by atoms with Gasteiger partial charge in [0.05, 0.1) is 27.6 Å². The topological polar surface area (TPSA) is 89.2 Å². The van der Waals surface area contributed by atoms with Crippen LogP contribution >= 0.6 is 11.9 Å². The third-order valence-corrected chi connectivity index (χ3v) is 7.32. The van der Waals surface area contributed by atoms with E-state index in [2.05, 4.69) is 15.8 Å². The molecule has 0 bridgehead atoms. The second-order valence-electron chi connectivity index (χ2n) is 8.63. The van der Waals surface area contributed by atoms with Crippen LogP contribution in [0.2, 0.25) is 0 Å². The lowest BCUT2D eigenvalue weighted by molar-refractivity contribution is -0.0211. The first-order valence-corrected chi connectivity index (χ1v) is 12.3. The van der Waals surface area contributed by atoms with Gasteiger partial charge in [-0.1, -0.05) is 30.3 Å². The third kappa shape index (κ3) is 4.85. The van der Waals surface area contributed by atoms with E-state index >= 15 is 0 Å². The summed E-state index contributed by atoms with van der Waals surface area (Å²) in [7, 11) is 0. The van der Waals surface area contributed by atoms with Gasteiger partial charge < -0.3 is 14.7 Å². The molecule has 1 aliphatic rings. The molecule has 0 aliphatic carbocycles. The molecular weight excluding hydrogens is 456 g/mol. The Morgan fingerprint density at radius 1 is 1.00 bits per heavy atom. The number of aliphatic hydroxyl groups is 1. The maximum absolute atomic E-state index is 13.0. The number of nitriles is 1. The summed E-state index contributed by atoms with van der Waals surface area (Å²) in [6, 6.07) is 26.6. The van der Waals surface area contributed by atoms with E-state index in [-0.39, 0.29) is 5.91 Å². The minimum absolute atomic E-state index is 0.0377. The minimum atomic E-state index is -0.980. The van der Waals surface area contributed by atoms with Crippen LogP contribution in [0.3, 0.4) is 0 Å². The molecule has 1 aromatic heterocycles. The number of carbonyl (C=O) groups excluding carboxylic acids is 1. The number of rotatable bonds is 5. The van der Waals surface area contributed by atoms with Gasteiger partial charge in [0.2, 0.25) is 0 Å². The molecule has 6 nitrogen and oxygen atoms in total. The number of likely N-dealkylation sites (tertiary alicyclic amines) is 1. The number of pyridine rings is 1. The van der Waals surface area contributed by atoms with Crippen molar-refractivity contribution in [2.24, 2.45) is 0 Å². The SMILES string of the molecule is N#Cc1ccc(C2(O)CCN(C(=O)c3ccc(NSc4cccc5cccnc45)cc3)CC2)cc1. The zero-order valence-corrected chi connectivity index (χ0v) is 19.8. The van der Waals surface area contributed by atoms with E-state index < -0.39 is 5.60 Å². The molecule has 7 heteroatoms. The van der Waals surface area contributed by atoms with Gasteiger partial charge in [0.25, 0.3) is 5.91 Å². The molecule has 0 unspecified atom stereocenters. The highest BCUT2D eigenvalue weighted by Crippen LogP contribution is 2.33. The first-order chi connectivity index (χ1) is 17.1. The Balaban J connectivity index is 1.19. The lowest BCUT2D eigenvalue weighted by Gasteiger charge is -2.38. The number of anilines is 1. The molecule has 1 amide bonds. The molecule has 1 saturated heterocycles. The maximum atomic E-state index is 13.0. The van der Waals surface area contributed by atoms with Crippen molar-refractivity contribution in [3.05, 3.63) is 102 Å². The summed E-state index contributed by atoms with van der Waals surface area (Å²) in [6.07, 6.45) is 2.71. The first kappa shape index (κ1) is 22.9. The number of para-hydroxylation sites is 1. The van der Waals surface area contributed by atoms with Crippen molar-refractivity contribution in [1.29, 1.82) is 5.26 Å². The fourth-order valence-corrected chi connectivity index (χ4v) is 5.14. The fourth-order valence-electron chi connectivity index (χ4n) is 4.36. The van der Waals surface area contributed by atoms with Crippen molar-refractivity contribution in [1.82, 2.24) is 9.88 Å². The highest BCUT2D eigenvalue weighted by atomic mass is 32.2. The minimum Gasteiger partial charge on any atom is -0.385 e. The van der Waals surface area contributed by atoms with Crippen molar-refractivity contribution in [2.75, 3.05) is 17.8 Å². The Labute approximate surface area is 208 Å². The molecule has 4 aromatic rings. The quantitative estimate of drug-likeness (QED) is 0.374. The predicted octanol–water partition coefficient (Wildman–Crippen LogP) is 5.35. The summed E-state index contributed by atoms with van der Waals surface area (Å²) in [5, 5.41) is 21.2. The Kier molecular flexibility index (Phi) is 6.41. The second kappa shape index (κ2) is 9.79. The highest BCUT2D eigenvalue weighted by Gasteiger charge is 2.35. The highest BCUT2D eigenvalue weighted by molar-refractivity contribution is 8.00. The van der Waals surface area contributed by atoms with Gasteiger partial charge in [-0.25, -0.2) is 0 Å². The molecule has 35 heavy (non-hydrogen) atoms. The van der Waals surface area contributed by atoms with Crippen LogP contribution in [0.25, 0.3) is 10.9 Å². The largest absolute Gasteiger partial charge is 0.385 e. The van der Waals surface area contributed by atoms with Crippen LogP contribution in [-0.2, 0) is 5.60 Å². The molecule has 5 rings (SSSR count). The van der Waals surface area contributed by atoms with Gasteiger partial charge in [-0.3, -0.25) is 9.78 Å². The van der Waals surface area contributed by atoms with Gasteiger partial charge in [-0.05, 0) is 78.9 Å². The smallest absolute Gasteiger partial charge is 0.253 e. The van der Waals surface area contributed by atoms with E-state index in [1.807, 2.05) is 54.6 Å². The number of fused-ring (bicyclic) bond motifs is 1. The van der Waals surface area contributed by atoms with Gasteiger partial charge in [-0.2, -0.15) is 5.26 Å². The second-order valence-corrected chi connectivity index (χ2v) is 9.47. The summed E-state index contributed by atoms with van der Waals surface area (Å²) in [5.74, 6) is -0.0377. The number of aromatic nitrogens is 1. The fraction of sp³-hybridized carbons (Fsp3) is 0.179. The molecule has 1 fully saturated rings. The summed E-state index contributed by atoms with van der Waals surface area (Å²) in [5.41, 5.74) is 2.84. The molecule has 1 aliphatic heterocycles. The molecule has 0 saturated carbocycles. The Morgan fingerprint density at radius 2 is 1.71 bits per heavy atom. The zero-order chi connectivity index (χ0) is 24.3. The molecule has 174 valence electrons. The monoisotopic (exact) mass is 480 g/mol. The van der Waals surface area contributed by atoms with Crippen molar-refractivity contribution in [3.63, 3.8) is 0 Å². The van der Waals surface area contributed by atoms with Gasteiger partial charge in [-0.15, -0.1) is 0 Å². The van der Waals surface area contributed by atoms with Gasteiger partial charge in [0.15, 0.2) is 0 Å². The summed E-state index contributed by atoms with van der Waals surface area (Å²) in [4.78, 5) is 20.3. The molecule has 0 radical (unpaired) electrons. The van der Waals surface area contributed by atoms with E-state index in [9.17, 15) is 9.90 Å². The summed E-state index contributed by atoms with van der Waals surface area (Å²) >= 11 is 1.49. The number of piperidine rings is 1. The standard InChI is InChI=1S/C28H24N4O2S/c29-19-20-6-10-23(11-7-20)28(34)14-17-32(18-15-28)27(33)22-8-12-24(13-9-22)31-35-25-5-1-3-21-4-2-16-30-26(21)25/h1-13,16,31,34H,14-15,17-18H2. The van der Waals surface area contributed by atoms with Crippen LogP contribution in [0, 0.1) is 11.3 Å².